The molecule has 0 amide bonds. The van der Waals surface area contributed by atoms with E-state index in [-0.39, 0.29) is 12.4 Å². The van der Waals surface area contributed by atoms with E-state index >= 15 is 0 Å². The first-order valence-electron chi connectivity index (χ1n) is 7.88. The van der Waals surface area contributed by atoms with Crippen molar-refractivity contribution in [2.75, 3.05) is 13.4 Å². The van der Waals surface area contributed by atoms with Gasteiger partial charge in [-0.05, 0) is 29.8 Å². The summed E-state index contributed by atoms with van der Waals surface area (Å²) in [5.41, 5.74) is 0.900. The third-order valence-electron chi connectivity index (χ3n) is 3.86. The first kappa shape index (κ1) is 18.7. The molecule has 0 fully saturated rings. The topological polar surface area (TPSA) is 55.8 Å². The molecule has 1 aromatic rings. The molecule has 1 rings (SSSR count). The minimum absolute atomic E-state index is 0.208. The van der Waals surface area contributed by atoms with Crippen molar-refractivity contribution in [3.8, 4) is 5.75 Å². The Morgan fingerprint density at radius 3 is 2.36 bits per heavy atom. The highest BCUT2D eigenvalue weighted by molar-refractivity contribution is 6.77. The molecule has 22 heavy (non-hydrogen) atoms. The van der Waals surface area contributed by atoms with Crippen molar-refractivity contribution in [1.29, 1.82) is 0 Å². The van der Waals surface area contributed by atoms with Crippen molar-refractivity contribution >= 4 is 14.0 Å². The van der Waals surface area contributed by atoms with Crippen molar-refractivity contribution in [3.63, 3.8) is 0 Å². The van der Waals surface area contributed by atoms with Crippen LogP contribution in [0.5, 0.6) is 5.75 Å². The molecule has 0 saturated carbocycles. The number of aromatic carboxylic acids is 1. The lowest BCUT2D eigenvalue weighted by Crippen LogP contribution is -2.31. The lowest BCUT2D eigenvalue weighted by atomic mass is 10.2. The first-order valence-corrected chi connectivity index (χ1v) is 11.5. The van der Waals surface area contributed by atoms with Crippen LogP contribution >= 0.6 is 0 Å². The van der Waals surface area contributed by atoms with Crippen LogP contribution in [0.2, 0.25) is 25.2 Å². The van der Waals surface area contributed by atoms with Gasteiger partial charge in [-0.2, -0.15) is 0 Å². The van der Waals surface area contributed by atoms with Crippen LogP contribution in [0.1, 0.15) is 36.5 Å². The first-order chi connectivity index (χ1) is 10.3. The van der Waals surface area contributed by atoms with Crippen molar-refractivity contribution < 1.29 is 19.4 Å². The molecule has 0 radical (unpaired) electrons. The maximum Gasteiger partial charge on any atom is 0.335 e. The average Bonchev–Trinajstić information content (AvgIpc) is 2.45. The lowest BCUT2D eigenvalue weighted by molar-refractivity contribution is 0.0129. The van der Waals surface area contributed by atoms with Gasteiger partial charge in [-0.1, -0.05) is 45.8 Å². The van der Waals surface area contributed by atoms with E-state index in [1.165, 1.54) is 31.4 Å². The quantitative estimate of drug-likeness (QED) is 0.387. The van der Waals surface area contributed by atoms with Crippen LogP contribution in [-0.4, -0.2) is 32.5 Å². The molecule has 1 N–H and O–H groups in total. The molecule has 0 aliphatic carbocycles. The zero-order chi connectivity index (χ0) is 16.6. The number of unbranched alkanes of at least 4 members (excludes halogenated alkanes) is 1. The summed E-state index contributed by atoms with van der Waals surface area (Å²) in [5, 5.41) is 8.84. The molecule has 0 heterocycles. The second-order valence-electron chi connectivity index (χ2n) is 6.67. The highest BCUT2D eigenvalue weighted by Crippen LogP contribution is 2.27. The normalized spacial score (nSPS) is 12.9. The van der Waals surface area contributed by atoms with Gasteiger partial charge in [0.05, 0.1) is 12.2 Å². The molecule has 0 bridgehead atoms. The third-order valence-corrected chi connectivity index (χ3v) is 6.76. The largest absolute Gasteiger partial charge is 0.478 e. The van der Waals surface area contributed by atoms with Gasteiger partial charge in [0.1, 0.15) is 5.75 Å². The van der Waals surface area contributed by atoms with Gasteiger partial charge < -0.3 is 14.6 Å². The Bertz CT molecular complexity index is 451. The Kier molecular flexibility index (Phi) is 7.62. The van der Waals surface area contributed by atoms with Crippen LogP contribution in [0, 0.1) is 0 Å². The molecule has 0 aliphatic rings. The van der Waals surface area contributed by atoms with Gasteiger partial charge in [0.2, 0.25) is 0 Å². The molecule has 0 spiro atoms. The van der Waals surface area contributed by atoms with Gasteiger partial charge in [-0.3, -0.25) is 0 Å². The van der Waals surface area contributed by atoms with E-state index in [1.54, 1.807) is 12.1 Å². The van der Waals surface area contributed by atoms with Crippen LogP contribution in [-0.2, 0) is 4.74 Å². The monoisotopic (exact) mass is 324 g/mol. The summed E-state index contributed by atoms with van der Waals surface area (Å²) in [6.45, 7) is 10.3. The van der Waals surface area contributed by atoms with Crippen LogP contribution in [0.25, 0.3) is 0 Å². The number of ether oxygens (including phenoxy) is 2. The van der Waals surface area contributed by atoms with Gasteiger partial charge in [0.15, 0.2) is 6.79 Å². The Labute approximate surface area is 134 Å². The molecule has 4 nitrogen and oxygen atoms in total. The molecule has 1 aromatic carbocycles. The fourth-order valence-electron chi connectivity index (χ4n) is 2.21. The molecular formula is C17H28O4Si. The number of rotatable bonds is 10. The van der Waals surface area contributed by atoms with Crippen molar-refractivity contribution in [1.82, 2.24) is 0 Å². The number of hydrogen-bond donors (Lipinski definition) is 1. The van der Waals surface area contributed by atoms with Gasteiger partial charge in [-0.15, -0.1) is 0 Å². The van der Waals surface area contributed by atoms with E-state index in [9.17, 15) is 4.79 Å². The summed E-state index contributed by atoms with van der Waals surface area (Å²) in [4.78, 5) is 10.8. The lowest BCUT2D eigenvalue weighted by Gasteiger charge is -2.28. The number of benzene rings is 1. The van der Waals surface area contributed by atoms with Crippen LogP contribution in [0.3, 0.4) is 0 Å². The summed E-state index contributed by atoms with van der Waals surface area (Å²) in [5.74, 6) is -0.306. The van der Waals surface area contributed by atoms with Gasteiger partial charge >= 0.3 is 5.97 Å². The van der Waals surface area contributed by atoms with E-state index < -0.39 is 14.0 Å². The smallest absolute Gasteiger partial charge is 0.335 e. The van der Waals surface area contributed by atoms with Crippen molar-refractivity contribution in [2.24, 2.45) is 0 Å². The fourth-order valence-corrected chi connectivity index (χ4v) is 3.90. The van der Waals surface area contributed by atoms with Gasteiger partial charge in [0, 0.05) is 8.07 Å². The molecule has 0 aromatic heterocycles. The van der Waals surface area contributed by atoms with Gasteiger partial charge in [-0.25, -0.2) is 4.79 Å². The van der Waals surface area contributed by atoms with E-state index in [0.29, 0.717) is 11.3 Å². The third kappa shape index (κ3) is 6.62. The Morgan fingerprint density at radius 2 is 1.86 bits per heavy atom. The van der Waals surface area contributed by atoms with Crippen LogP contribution in [0.4, 0.5) is 0 Å². The van der Waals surface area contributed by atoms with E-state index in [0.717, 1.165) is 6.61 Å². The molecular weight excluding hydrogens is 296 g/mol. The number of hydrogen-bond acceptors (Lipinski definition) is 3. The Morgan fingerprint density at radius 1 is 1.23 bits per heavy atom. The second-order valence-corrected chi connectivity index (χ2v) is 12.2. The standard InChI is InChI=1S/C17H28O4Si/c1-5-6-7-16(22(2,3)4)12-20-13-21-15-10-8-14(9-11-15)17(18)19/h8-11,16H,5-7,12-13H2,1-4H3,(H,18,19). The fraction of sp³-hybridized carbons (Fsp3) is 0.588. The maximum absolute atomic E-state index is 10.8. The minimum atomic E-state index is -1.22. The number of carboxylic acids is 1. The van der Waals surface area contributed by atoms with Crippen molar-refractivity contribution in [2.45, 2.75) is 51.4 Å². The predicted octanol–water partition coefficient (Wildman–Crippen LogP) is 4.64. The van der Waals surface area contributed by atoms with Crippen molar-refractivity contribution in [3.05, 3.63) is 29.8 Å². The van der Waals surface area contributed by atoms with E-state index in [4.69, 9.17) is 14.6 Å². The summed E-state index contributed by atoms with van der Waals surface area (Å²) >= 11 is 0. The van der Waals surface area contributed by atoms with Gasteiger partial charge in [0.25, 0.3) is 0 Å². The molecule has 0 aliphatic heterocycles. The summed E-state index contributed by atoms with van der Waals surface area (Å²) in [7, 11) is -1.22. The maximum atomic E-state index is 10.8. The number of carbonyl (C=O) groups is 1. The highest BCUT2D eigenvalue weighted by Gasteiger charge is 2.26. The SMILES string of the molecule is CCCCC(COCOc1ccc(C(=O)O)cc1)[Si](C)(C)C. The second kappa shape index (κ2) is 8.95. The molecule has 1 atom stereocenters. The molecule has 0 saturated heterocycles. The summed E-state index contributed by atoms with van der Waals surface area (Å²) < 4.78 is 11.2. The average molecular weight is 324 g/mol. The van der Waals surface area contributed by atoms with E-state index in [1.807, 2.05) is 0 Å². The number of carboxylic acid groups (broad SMARTS) is 1. The van der Waals surface area contributed by atoms with Crippen LogP contribution in [0.15, 0.2) is 24.3 Å². The molecule has 1 unspecified atom stereocenters. The summed E-state index contributed by atoms with van der Waals surface area (Å²) in [6, 6.07) is 6.37. The molecule has 5 heteroatoms. The summed E-state index contributed by atoms with van der Waals surface area (Å²) in [6.07, 6.45) is 3.68. The zero-order valence-corrected chi connectivity index (χ0v) is 15.1. The van der Waals surface area contributed by atoms with E-state index in [2.05, 4.69) is 26.6 Å². The predicted molar refractivity (Wildman–Crippen MR) is 91.5 cm³/mol. The van der Waals surface area contributed by atoms with Crippen LogP contribution < -0.4 is 4.74 Å². The Balaban J connectivity index is 2.37. The minimum Gasteiger partial charge on any atom is -0.478 e. The molecule has 124 valence electrons. The Hall–Kier alpha value is -1.33. The highest BCUT2D eigenvalue weighted by atomic mass is 28.3. The zero-order valence-electron chi connectivity index (χ0n) is 14.1.